The van der Waals surface area contributed by atoms with Crippen molar-refractivity contribution in [3.63, 3.8) is 0 Å². The number of aromatic nitrogens is 2. The van der Waals surface area contributed by atoms with E-state index < -0.39 is 0 Å². The van der Waals surface area contributed by atoms with Crippen molar-refractivity contribution in [1.82, 2.24) is 14.7 Å². The topological polar surface area (TPSA) is 56.6 Å². The minimum atomic E-state index is 0.0125. The zero-order valence-corrected chi connectivity index (χ0v) is 12.8. The van der Waals surface area contributed by atoms with Crippen molar-refractivity contribution in [2.45, 2.75) is 38.5 Å². The number of hydrogen-bond acceptors (Lipinski definition) is 4. The van der Waals surface area contributed by atoms with E-state index in [1.54, 1.807) is 6.20 Å². The molecule has 0 N–H and O–H groups in total. The van der Waals surface area contributed by atoms with Crippen LogP contribution in [0.3, 0.4) is 0 Å². The highest BCUT2D eigenvalue weighted by molar-refractivity contribution is 5.79. The first-order valence-electron chi connectivity index (χ1n) is 8.28. The summed E-state index contributed by atoms with van der Waals surface area (Å²) < 4.78 is 13.4. The Morgan fingerprint density at radius 2 is 2.27 bits per heavy atom. The Morgan fingerprint density at radius 1 is 1.36 bits per heavy atom. The molecule has 1 aliphatic carbocycles. The van der Waals surface area contributed by atoms with E-state index in [1.165, 1.54) is 12.8 Å². The number of hydrogen-bond donors (Lipinski definition) is 0. The van der Waals surface area contributed by atoms with Crippen LogP contribution in [0.15, 0.2) is 12.3 Å². The zero-order valence-electron chi connectivity index (χ0n) is 12.8. The van der Waals surface area contributed by atoms with Crippen LogP contribution in [0.25, 0.3) is 0 Å². The number of carbonyl (C=O) groups excluding carboxylic acids is 1. The van der Waals surface area contributed by atoms with Gasteiger partial charge in [-0.1, -0.05) is 0 Å². The van der Waals surface area contributed by atoms with Gasteiger partial charge in [0, 0.05) is 26.0 Å². The van der Waals surface area contributed by atoms with E-state index >= 15 is 0 Å². The van der Waals surface area contributed by atoms with E-state index in [2.05, 4.69) is 5.10 Å². The summed E-state index contributed by atoms with van der Waals surface area (Å²) in [6.45, 7) is 4.09. The highest BCUT2D eigenvalue weighted by Gasteiger charge is 2.33. The molecule has 0 bridgehead atoms. The van der Waals surface area contributed by atoms with Crippen molar-refractivity contribution >= 4 is 5.91 Å². The van der Waals surface area contributed by atoms with Crippen LogP contribution in [0.1, 0.15) is 25.0 Å². The van der Waals surface area contributed by atoms with Gasteiger partial charge < -0.3 is 14.4 Å². The second kappa shape index (κ2) is 6.01. The van der Waals surface area contributed by atoms with E-state index in [1.807, 2.05) is 15.6 Å². The maximum atomic E-state index is 12.7. The van der Waals surface area contributed by atoms with Gasteiger partial charge in [-0.25, -0.2) is 0 Å². The molecule has 3 heterocycles. The van der Waals surface area contributed by atoms with Crippen LogP contribution in [-0.2, 0) is 27.4 Å². The highest BCUT2D eigenvalue weighted by atomic mass is 16.5. The average Bonchev–Trinajstić information content (AvgIpc) is 3.05. The minimum absolute atomic E-state index is 0.0125. The van der Waals surface area contributed by atoms with Gasteiger partial charge in [-0.05, 0) is 31.2 Å². The second-order valence-corrected chi connectivity index (χ2v) is 6.68. The number of carbonyl (C=O) groups is 1. The quantitative estimate of drug-likeness (QED) is 0.834. The van der Waals surface area contributed by atoms with Crippen molar-refractivity contribution in [2.24, 2.45) is 11.8 Å². The van der Waals surface area contributed by atoms with Gasteiger partial charge in [0.05, 0.1) is 37.4 Å². The number of nitrogens with zero attached hydrogens (tertiary/aromatic N) is 3. The average molecular weight is 305 g/mol. The molecule has 2 unspecified atom stereocenters. The predicted octanol–water partition coefficient (Wildman–Crippen LogP) is 1.06. The molecule has 2 atom stereocenters. The summed E-state index contributed by atoms with van der Waals surface area (Å²) in [6.07, 6.45) is 5.24. The SMILES string of the molecule is O=C(C1CCOC1)N1Cc2ccnn2CC(OCC2CC2)C1. The first kappa shape index (κ1) is 14.2. The minimum Gasteiger partial charge on any atom is -0.381 e. The fourth-order valence-corrected chi connectivity index (χ4v) is 3.23. The molecule has 0 spiro atoms. The Labute approximate surface area is 130 Å². The monoisotopic (exact) mass is 305 g/mol. The molecule has 4 rings (SSSR count). The molecular weight excluding hydrogens is 282 g/mol. The van der Waals surface area contributed by atoms with E-state index in [0.29, 0.717) is 26.3 Å². The predicted molar refractivity (Wildman–Crippen MR) is 79.0 cm³/mol. The van der Waals surface area contributed by atoms with Gasteiger partial charge in [0.15, 0.2) is 0 Å². The Morgan fingerprint density at radius 3 is 3.05 bits per heavy atom. The molecular formula is C16H23N3O3. The molecule has 0 aromatic carbocycles. The van der Waals surface area contributed by atoms with Gasteiger partial charge in [0.2, 0.25) is 5.91 Å². The summed E-state index contributed by atoms with van der Waals surface area (Å²) in [5.74, 6) is 0.943. The maximum Gasteiger partial charge on any atom is 0.228 e. The molecule has 2 fully saturated rings. The van der Waals surface area contributed by atoms with Gasteiger partial charge in [-0.15, -0.1) is 0 Å². The highest BCUT2D eigenvalue weighted by Crippen LogP contribution is 2.30. The summed E-state index contributed by atoms with van der Waals surface area (Å²) >= 11 is 0. The molecule has 1 saturated carbocycles. The van der Waals surface area contributed by atoms with Crippen LogP contribution >= 0.6 is 0 Å². The summed E-state index contributed by atoms with van der Waals surface area (Å²) in [6, 6.07) is 1.99. The Hall–Kier alpha value is -1.40. The summed E-state index contributed by atoms with van der Waals surface area (Å²) in [4.78, 5) is 14.7. The molecule has 6 heteroatoms. The van der Waals surface area contributed by atoms with Crippen molar-refractivity contribution in [3.8, 4) is 0 Å². The molecule has 3 aliphatic rings. The van der Waals surface area contributed by atoms with Crippen molar-refractivity contribution in [2.75, 3.05) is 26.4 Å². The van der Waals surface area contributed by atoms with Crippen molar-refractivity contribution in [3.05, 3.63) is 18.0 Å². The van der Waals surface area contributed by atoms with Crippen LogP contribution in [0.2, 0.25) is 0 Å². The molecule has 6 nitrogen and oxygen atoms in total. The molecule has 2 aliphatic heterocycles. The van der Waals surface area contributed by atoms with Gasteiger partial charge in [0.25, 0.3) is 0 Å². The number of ether oxygens (including phenoxy) is 2. The standard InChI is InChI=1S/C16H23N3O3/c20-16(13-4-6-21-11-13)18-7-14-3-5-17-19(14)9-15(8-18)22-10-12-1-2-12/h3,5,12-13,15H,1-2,4,6-11H2. The largest absolute Gasteiger partial charge is 0.381 e. The maximum absolute atomic E-state index is 12.7. The Balaban J connectivity index is 1.48. The van der Waals surface area contributed by atoms with Gasteiger partial charge in [-0.3, -0.25) is 9.48 Å². The first-order valence-corrected chi connectivity index (χ1v) is 8.28. The van der Waals surface area contributed by atoms with Crippen LogP contribution in [0.5, 0.6) is 0 Å². The molecule has 1 aromatic heterocycles. The lowest BCUT2D eigenvalue weighted by atomic mass is 10.1. The van der Waals surface area contributed by atoms with Gasteiger partial charge in [-0.2, -0.15) is 5.10 Å². The summed E-state index contributed by atoms with van der Waals surface area (Å²) in [5.41, 5.74) is 1.09. The molecule has 0 radical (unpaired) electrons. The Kier molecular flexibility index (Phi) is 3.88. The third-order valence-electron chi connectivity index (χ3n) is 4.81. The van der Waals surface area contributed by atoms with Gasteiger partial charge in [0.1, 0.15) is 0 Å². The molecule has 1 aromatic rings. The zero-order chi connectivity index (χ0) is 14.9. The van der Waals surface area contributed by atoms with E-state index in [4.69, 9.17) is 9.47 Å². The van der Waals surface area contributed by atoms with E-state index in [-0.39, 0.29) is 17.9 Å². The lowest BCUT2D eigenvalue weighted by Gasteiger charge is -2.26. The van der Waals surface area contributed by atoms with E-state index in [0.717, 1.165) is 31.2 Å². The normalized spacial score (nSPS) is 28.5. The lowest BCUT2D eigenvalue weighted by molar-refractivity contribution is -0.138. The fraction of sp³-hybridized carbons (Fsp3) is 0.750. The summed E-state index contributed by atoms with van der Waals surface area (Å²) in [5, 5.41) is 4.38. The third kappa shape index (κ3) is 3.03. The third-order valence-corrected chi connectivity index (χ3v) is 4.81. The van der Waals surface area contributed by atoms with Crippen LogP contribution in [0.4, 0.5) is 0 Å². The lowest BCUT2D eigenvalue weighted by Crippen LogP contribution is -2.41. The van der Waals surface area contributed by atoms with Crippen molar-refractivity contribution < 1.29 is 14.3 Å². The summed E-state index contributed by atoms with van der Waals surface area (Å²) in [7, 11) is 0. The van der Waals surface area contributed by atoms with Crippen LogP contribution in [-0.4, -0.2) is 53.1 Å². The fourth-order valence-electron chi connectivity index (χ4n) is 3.23. The smallest absolute Gasteiger partial charge is 0.228 e. The molecule has 1 saturated heterocycles. The van der Waals surface area contributed by atoms with Gasteiger partial charge >= 0.3 is 0 Å². The molecule has 1 amide bonds. The van der Waals surface area contributed by atoms with Crippen LogP contribution < -0.4 is 0 Å². The molecule has 120 valence electrons. The molecule has 22 heavy (non-hydrogen) atoms. The Bertz CT molecular complexity index is 534. The van der Waals surface area contributed by atoms with Crippen LogP contribution in [0, 0.1) is 11.8 Å². The first-order chi connectivity index (χ1) is 10.8. The van der Waals surface area contributed by atoms with Crippen molar-refractivity contribution in [1.29, 1.82) is 0 Å². The van der Waals surface area contributed by atoms with E-state index in [9.17, 15) is 4.79 Å². The number of rotatable bonds is 4. The second-order valence-electron chi connectivity index (χ2n) is 6.68. The number of fused-ring (bicyclic) bond motifs is 1. The number of amides is 1.